The Balaban J connectivity index is 2.06. The molecule has 2 aromatic rings. The van der Waals surface area contributed by atoms with Crippen LogP contribution in [0, 0.1) is 0 Å². The van der Waals surface area contributed by atoms with Gasteiger partial charge in [-0.1, -0.05) is 30.7 Å². The second kappa shape index (κ2) is 6.32. The largest absolute Gasteiger partial charge is 0.310 e. The van der Waals surface area contributed by atoms with Crippen molar-refractivity contribution in [1.29, 1.82) is 0 Å². The van der Waals surface area contributed by atoms with E-state index in [0.29, 0.717) is 6.04 Å². The van der Waals surface area contributed by atoms with Crippen molar-refractivity contribution < 1.29 is 0 Å². The van der Waals surface area contributed by atoms with E-state index in [-0.39, 0.29) is 0 Å². The van der Waals surface area contributed by atoms with Crippen molar-refractivity contribution in [3.8, 4) is 0 Å². The summed E-state index contributed by atoms with van der Waals surface area (Å²) in [6.45, 7) is 5.26. The van der Waals surface area contributed by atoms with Gasteiger partial charge in [0.1, 0.15) is 0 Å². The minimum absolute atomic E-state index is 0.376. The lowest BCUT2D eigenvalue weighted by molar-refractivity contribution is 0.606. The quantitative estimate of drug-likeness (QED) is 0.893. The van der Waals surface area contributed by atoms with E-state index >= 15 is 0 Å². The maximum atomic E-state index is 5.98. The highest BCUT2D eigenvalue weighted by molar-refractivity contribution is 7.11. The number of aromatic nitrogens is 1. The maximum absolute atomic E-state index is 5.98. The van der Waals surface area contributed by atoms with Gasteiger partial charge in [0.2, 0.25) is 0 Å². The Morgan fingerprint density at radius 2 is 2.28 bits per heavy atom. The zero-order valence-corrected chi connectivity index (χ0v) is 12.2. The molecular formula is C14H17ClN2S. The van der Waals surface area contributed by atoms with Crippen LogP contribution < -0.4 is 5.32 Å². The molecule has 0 aliphatic rings. The summed E-state index contributed by atoms with van der Waals surface area (Å²) in [7, 11) is 0. The van der Waals surface area contributed by atoms with Gasteiger partial charge < -0.3 is 5.32 Å². The fraction of sp³-hybridized carbons (Fsp3) is 0.357. The van der Waals surface area contributed by atoms with E-state index in [1.807, 2.05) is 24.4 Å². The minimum Gasteiger partial charge on any atom is -0.310 e. The topological polar surface area (TPSA) is 24.9 Å². The molecule has 96 valence electrons. The van der Waals surface area contributed by atoms with Gasteiger partial charge >= 0.3 is 0 Å². The Kier molecular flexibility index (Phi) is 4.75. The van der Waals surface area contributed by atoms with E-state index in [0.717, 1.165) is 23.0 Å². The predicted octanol–water partition coefficient (Wildman–Crippen LogP) is 4.06. The Hall–Kier alpha value is -0.900. The Morgan fingerprint density at radius 3 is 3.00 bits per heavy atom. The summed E-state index contributed by atoms with van der Waals surface area (Å²) in [6.07, 6.45) is 2.82. The number of nitrogens with one attached hydrogen (secondary N) is 1. The Bertz CT molecular complexity index is 510. The van der Waals surface area contributed by atoms with Gasteiger partial charge in [0.15, 0.2) is 0 Å². The molecule has 1 atom stereocenters. The number of halogens is 1. The Labute approximate surface area is 117 Å². The average Bonchev–Trinajstić information content (AvgIpc) is 2.78. The van der Waals surface area contributed by atoms with Crippen LogP contribution in [0.15, 0.2) is 30.5 Å². The molecule has 0 aliphatic carbocycles. The van der Waals surface area contributed by atoms with Gasteiger partial charge in [-0.3, -0.25) is 0 Å². The summed E-state index contributed by atoms with van der Waals surface area (Å²) >= 11 is 7.75. The van der Waals surface area contributed by atoms with Crippen molar-refractivity contribution in [3.63, 3.8) is 0 Å². The van der Waals surface area contributed by atoms with E-state index in [1.165, 1.54) is 10.4 Å². The smallest absolute Gasteiger partial charge is 0.0972 e. The van der Waals surface area contributed by atoms with Gasteiger partial charge in [-0.15, -0.1) is 11.3 Å². The normalized spacial score (nSPS) is 12.6. The summed E-state index contributed by atoms with van der Waals surface area (Å²) in [5, 5.41) is 5.32. The summed E-state index contributed by atoms with van der Waals surface area (Å²) in [6, 6.07) is 8.33. The molecule has 18 heavy (non-hydrogen) atoms. The van der Waals surface area contributed by atoms with E-state index in [9.17, 15) is 0 Å². The highest BCUT2D eigenvalue weighted by atomic mass is 35.5. The number of benzene rings is 1. The second-order valence-electron chi connectivity index (χ2n) is 4.24. The molecule has 0 saturated heterocycles. The first kappa shape index (κ1) is 13.5. The van der Waals surface area contributed by atoms with Crippen LogP contribution in [0.1, 0.15) is 35.3 Å². The number of hydrogen-bond acceptors (Lipinski definition) is 3. The summed E-state index contributed by atoms with van der Waals surface area (Å²) in [5.74, 6) is 0. The van der Waals surface area contributed by atoms with Crippen molar-refractivity contribution in [2.45, 2.75) is 26.3 Å². The van der Waals surface area contributed by atoms with Crippen LogP contribution in [-0.4, -0.2) is 11.5 Å². The van der Waals surface area contributed by atoms with Gasteiger partial charge in [-0.2, -0.15) is 0 Å². The Morgan fingerprint density at radius 1 is 1.44 bits per heavy atom. The van der Waals surface area contributed by atoms with Crippen LogP contribution in [0.4, 0.5) is 0 Å². The van der Waals surface area contributed by atoms with Crippen molar-refractivity contribution in [2.24, 2.45) is 0 Å². The van der Waals surface area contributed by atoms with Crippen LogP contribution in [0.2, 0.25) is 5.02 Å². The second-order valence-corrected chi connectivity index (χ2v) is 5.83. The molecule has 0 bridgehead atoms. The van der Waals surface area contributed by atoms with Gasteiger partial charge in [0.05, 0.1) is 5.01 Å². The molecule has 2 rings (SSSR count). The molecule has 1 heterocycles. The third-order valence-electron chi connectivity index (χ3n) is 2.75. The number of rotatable bonds is 5. The molecule has 2 nitrogen and oxygen atoms in total. The van der Waals surface area contributed by atoms with E-state index in [1.54, 1.807) is 11.3 Å². The lowest BCUT2D eigenvalue weighted by atomic mass is 10.2. The van der Waals surface area contributed by atoms with Crippen LogP contribution in [-0.2, 0) is 6.42 Å². The predicted molar refractivity (Wildman–Crippen MR) is 78.5 cm³/mol. The number of hydrogen-bond donors (Lipinski definition) is 1. The van der Waals surface area contributed by atoms with Gasteiger partial charge in [0, 0.05) is 28.6 Å². The number of nitrogens with zero attached hydrogens (tertiary/aromatic N) is 1. The molecule has 1 aromatic carbocycles. The molecule has 0 radical (unpaired) electrons. The van der Waals surface area contributed by atoms with Gasteiger partial charge in [-0.05, 0) is 31.2 Å². The summed E-state index contributed by atoms with van der Waals surface area (Å²) in [5.41, 5.74) is 1.21. The van der Waals surface area contributed by atoms with E-state index < -0.39 is 0 Å². The van der Waals surface area contributed by atoms with Crippen LogP contribution >= 0.6 is 22.9 Å². The average molecular weight is 281 g/mol. The first-order valence-electron chi connectivity index (χ1n) is 6.11. The van der Waals surface area contributed by atoms with E-state index in [4.69, 9.17) is 11.6 Å². The molecule has 4 heteroatoms. The lowest BCUT2D eigenvalue weighted by Crippen LogP contribution is -2.16. The monoisotopic (exact) mass is 280 g/mol. The minimum atomic E-state index is 0.376. The molecule has 0 saturated carbocycles. The molecule has 0 amide bonds. The third-order valence-corrected chi connectivity index (χ3v) is 4.17. The SMILES string of the molecule is CCNC(C)c1cnc(Cc2cccc(Cl)c2)s1. The van der Waals surface area contributed by atoms with Crippen molar-refractivity contribution in [2.75, 3.05) is 6.54 Å². The maximum Gasteiger partial charge on any atom is 0.0972 e. The summed E-state index contributed by atoms with van der Waals surface area (Å²) in [4.78, 5) is 5.77. The standard InChI is InChI=1S/C14H17ClN2S/c1-3-16-10(2)13-9-17-14(18-13)8-11-5-4-6-12(15)7-11/h4-7,9-10,16H,3,8H2,1-2H3. The molecule has 0 aliphatic heterocycles. The molecule has 1 unspecified atom stereocenters. The fourth-order valence-electron chi connectivity index (χ4n) is 1.83. The number of thiazole rings is 1. The van der Waals surface area contributed by atoms with Crippen molar-refractivity contribution in [1.82, 2.24) is 10.3 Å². The van der Waals surface area contributed by atoms with Gasteiger partial charge in [0.25, 0.3) is 0 Å². The van der Waals surface area contributed by atoms with Crippen molar-refractivity contribution >= 4 is 22.9 Å². The van der Waals surface area contributed by atoms with Crippen LogP contribution in [0.3, 0.4) is 0 Å². The first-order valence-corrected chi connectivity index (χ1v) is 7.31. The van der Waals surface area contributed by atoms with Crippen LogP contribution in [0.25, 0.3) is 0 Å². The van der Waals surface area contributed by atoms with Crippen LogP contribution in [0.5, 0.6) is 0 Å². The third kappa shape index (κ3) is 3.55. The van der Waals surface area contributed by atoms with E-state index in [2.05, 4.69) is 30.2 Å². The molecule has 0 fully saturated rings. The van der Waals surface area contributed by atoms with Crippen molar-refractivity contribution in [3.05, 3.63) is 50.9 Å². The fourth-order valence-corrected chi connectivity index (χ4v) is 3.03. The highest BCUT2D eigenvalue weighted by Gasteiger charge is 2.09. The lowest BCUT2D eigenvalue weighted by Gasteiger charge is -2.08. The van der Waals surface area contributed by atoms with Gasteiger partial charge in [-0.25, -0.2) is 4.98 Å². The molecule has 1 aromatic heterocycles. The zero-order valence-electron chi connectivity index (χ0n) is 10.6. The summed E-state index contributed by atoms with van der Waals surface area (Å²) < 4.78 is 0. The molecule has 0 spiro atoms. The molecular weight excluding hydrogens is 264 g/mol. The molecule has 1 N–H and O–H groups in total. The zero-order chi connectivity index (χ0) is 13.0. The highest BCUT2D eigenvalue weighted by Crippen LogP contribution is 2.23. The first-order chi connectivity index (χ1) is 8.69.